The molecule has 19 heavy (non-hydrogen) atoms. The number of nitrogen functional groups attached to an aromatic ring is 1. The number of rotatable bonds is 4. The van der Waals surface area contributed by atoms with Crippen molar-refractivity contribution in [2.45, 2.75) is 6.42 Å². The van der Waals surface area contributed by atoms with Crippen LogP contribution in [0, 0.1) is 0 Å². The van der Waals surface area contributed by atoms with Crippen LogP contribution < -0.4 is 10.5 Å². The molecular formula is C15H14BrNO2. The van der Waals surface area contributed by atoms with Crippen LogP contribution in [-0.4, -0.2) is 12.9 Å². The molecule has 0 unspecified atom stereocenters. The molecule has 0 spiro atoms. The van der Waals surface area contributed by atoms with Gasteiger partial charge in [0.15, 0.2) is 5.78 Å². The van der Waals surface area contributed by atoms with E-state index in [2.05, 4.69) is 15.9 Å². The van der Waals surface area contributed by atoms with Crippen molar-refractivity contribution in [3.05, 3.63) is 58.1 Å². The van der Waals surface area contributed by atoms with E-state index in [0.717, 1.165) is 15.8 Å². The Morgan fingerprint density at radius 2 is 2.05 bits per heavy atom. The first-order valence-corrected chi connectivity index (χ1v) is 6.60. The molecule has 98 valence electrons. The normalized spacial score (nSPS) is 10.2. The Morgan fingerprint density at radius 3 is 2.79 bits per heavy atom. The fourth-order valence-electron chi connectivity index (χ4n) is 1.83. The Hall–Kier alpha value is -1.81. The fourth-order valence-corrected chi connectivity index (χ4v) is 2.19. The van der Waals surface area contributed by atoms with E-state index in [0.29, 0.717) is 17.7 Å². The molecule has 0 aromatic heterocycles. The molecule has 0 aliphatic rings. The number of halogens is 1. The van der Waals surface area contributed by atoms with E-state index in [4.69, 9.17) is 10.5 Å². The topological polar surface area (TPSA) is 52.3 Å². The van der Waals surface area contributed by atoms with Crippen LogP contribution in [0.5, 0.6) is 5.75 Å². The number of carbonyl (C=O) groups excluding carboxylic acids is 1. The van der Waals surface area contributed by atoms with Crippen LogP contribution in [0.15, 0.2) is 46.9 Å². The lowest BCUT2D eigenvalue weighted by Gasteiger charge is -2.07. The largest absolute Gasteiger partial charge is 0.497 e. The standard InChI is InChI=1S/C15H14BrNO2/c1-19-12-4-2-3-10(7-12)8-15(18)13-9-11(16)5-6-14(13)17/h2-7,9H,8,17H2,1H3. The van der Waals surface area contributed by atoms with E-state index in [1.54, 1.807) is 19.2 Å². The molecule has 0 saturated carbocycles. The summed E-state index contributed by atoms with van der Waals surface area (Å²) in [6.07, 6.45) is 0.303. The first kappa shape index (κ1) is 13.6. The minimum atomic E-state index is -0.00736. The second-order valence-corrected chi connectivity index (χ2v) is 5.10. The minimum absolute atomic E-state index is 0.00736. The number of methoxy groups -OCH3 is 1. The number of nitrogens with two attached hydrogens (primary N) is 1. The van der Waals surface area contributed by atoms with Gasteiger partial charge >= 0.3 is 0 Å². The van der Waals surface area contributed by atoms with Gasteiger partial charge in [0.2, 0.25) is 0 Å². The number of ketones is 1. The Kier molecular flexibility index (Phi) is 4.22. The molecule has 4 heteroatoms. The highest BCUT2D eigenvalue weighted by molar-refractivity contribution is 9.10. The molecular weight excluding hydrogens is 306 g/mol. The molecule has 0 atom stereocenters. The summed E-state index contributed by atoms with van der Waals surface area (Å²) in [5.41, 5.74) is 7.78. The maximum atomic E-state index is 12.2. The van der Waals surface area contributed by atoms with E-state index in [9.17, 15) is 4.79 Å². The molecule has 0 heterocycles. The molecule has 2 aromatic rings. The maximum Gasteiger partial charge on any atom is 0.169 e. The van der Waals surface area contributed by atoms with Gasteiger partial charge in [-0.3, -0.25) is 4.79 Å². The Labute approximate surface area is 120 Å². The Bertz CT molecular complexity index is 611. The zero-order chi connectivity index (χ0) is 13.8. The summed E-state index contributed by atoms with van der Waals surface area (Å²) in [4.78, 5) is 12.2. The van der Waals surface area contributed by atoms with Gasteiger partial charge in [-0.15, -0.1) is 0 Å². The number of anilines is 1. The quantitative estimate of drug-likeness (QED) is 0.693. The molecule has 2 rings (SSSR count). The van der Waals surface area contributed by atoms with Gasteiger partial charge in [-0.05, 0) is 35.9 Å². The van der Waals surface area contributed by atoms with Crippen LogP contribution in [0.2, 0.25) is 0 Å². The lowest BCUT2D eigenvalue weighted by atomic mass is 10.0. The van der Waals surface area contributed by atoms with E-state index in [1.165, 1.54) is 0 Å². The minimum Gasteiger partial charge on any atom is -0.497 e. The number of ether oxygens (including phenoxy) is 1. The van der Waals surface area contributed by atoms with Gasteiger partial charge in [-0.1, -0.05) is 28.1 Å². The zero-order valence-corrected chi connectivity index (χ0v) is 12.1. The lowest BCUT2D eigenvalue weighted by Crippen LogP contribution is -2.07. The van der Waals surface area contributed by atoms with E-state index < -0.39 is 0 Å². The summed E-state index contributed by atoms with van der Waals surface area (Å²) in [7, 11) is 1.60. The second-order valence-electron chi connectivity index (χ2n) is 4.18. The first-order chi connectivity index (χ1) is 9.10. The molecule has 0 aliphatic carbocycles. The highest BCUT2D eigenvalue weighted by Crippen LogP contribution is 2.21. The fraction of sp³-hybridized carbons (Fsp3) is 0.133. The third-order valence-electron chi connectivity index (χ3n) is 2.81. The van der Waals surface area contributed by atoms with E-state index in [-0.39, 0.29) is 5.78 Å². The molecule has 3 nitrogen and oxygen atoms in total. The van der Waals surface area contributed by atoms with E-state index >= 15 is 0 Å². The summed E-state index contributed by atoms with van der Waals surface area (Å²) in [5.74, 6) is 0.736. The van der Waals surface area contributed by atoms with Crippen molar-refractivity contribution in [2.75, 3.05) is 12.8 Å². The zero-order valence-electron chi connectivity index (χ0n) is 10.5. The van der Waals surface area contributed by atoms with Crippen LogP contribution in [0.25, 0.3) is 0 Å². The Balaban J connectivity index is 2.23. The molecule has 0 aliphatic heterocycles. The summed E-state index contributed by atoms with van der Waals surface area (Å²) < 4.78 is 5.98. The number of hydrogen-bond donors (Lipinski definition) is 1. The SMILES string of the molecule is COc1cccc(CC(=O)c2cc(Br)ccc2N)c1. The molecule has 0 bridgehead atoms. The van der Waals surface area contributed by atoms with Gasteiger partial charge in [-0.25, -0.2) is 0 Å². The van der Waals surface area contributed by atoms with Crippen molar-refractivity contribution in [3.8, 4) is 5.75 Å². The molecule has 0 fully saturated rings. The van der Waals surface area contributed by atoms with Crippen molar-refractivity contribution in [2.24, 2.45) is 0 Å². The number of hydrogen-bond acceptors (Lipinski definition) is 3. The van der Waals surface area contributed by atoms with Gasteiger partial charge in [0, 0.05) is 22.1 Å². The second kappa shape index (κ2) is 5.89. The van der Waals surface area contributed by atoms with Gasteiger partial charge in [0.25, 0.3) is 0 Å². The van der Waals surface area contributed by atoms with Gasteiger partial charge in [0.1, 0.15) is 5.75 Å². The summed E-state index contributed by atoms with van der Waals surface area (Å²) >= 11 is 3.35. The summed E-state index contributed by atoms with van der Waals surface area (Å²) in [5, 5.41) is 0. The third kappa shape index (κ3) is 3.35. The molecule has 0 saturated heterocycles. The van der Waals surface area contributed by atoms with Crippen LogP contribution >= 0.6 is 15.9 Å². The average Bonchev–Trinajstić information content (AvgIpc) is 2.41. The molecule has 0 amide bonds. The van der Waals surface area contributed by atoms with Crippen molar-refractivity contribution >= 4 is 27.4 Å². The molecule has 2 N–H and O–H groups in total. The monoisotopic (exact) mass is 319 g/mol. The predicted molar refractivity (Wildman–Crippen MR) is 79.6 cm³/mol. The number of carbonyl (C=O) groups is 1. The third-order valence-corrected chi connectivity index (χ3v) is 3.31. The van der Waals surface area contributed by atoms with Crippen LogP contribution in [-0.2, 0) is 6.42 Å². The number of Topliss-reactive ketones (excluding diaryl/α,β-unsaturated/α-hetero) is 1. The highest BCUT2D eigenvalue weighted by atomic mass is 79.9. The van der Waals surface area contributed by atoms with Gasteiger partial charge in [0.05, 0.1) is 7.11 Å². The maximum absolute atomic E-state index is 12.2. The van der Waals surface area contributed by atoms with E-state index in [1.807, 2.05) is 30.3 Å². The van der Waals surface area contributed by atoms with Crippen LogP contribution in [0.1, 0.15) is 15.9 Å². The molecule has 2 aromatic carbocycles. The van der Waals surface area contributed by atoms with Gasteiger partial charge < -0.3 is 10.5 Å². The summed E-state index contributed by atoms with van der Waals surface area (Å²) in [6.45, 7) is 0. The lowest BCUT2D eigenvalue weighted by molar-refractivity contribution is 0.0994. The summed E-state index contributed by atoms with van der Waals surface area (Å²) in [6, 6.07) is 12.8. The number of benzene rings is 2. The van der Waals surface area contributed by atoms with Crippen molar-refractivity contribution in [3.63, 3.8) is 0 Å². The first-order valence-electron chi connectivity index (χ1n) is 5.81. The van der Waals surface area contributed by atoms with Crippen molar-refractivity contribution < 1.29 is 9.53 Å². The van der Waals surface area contributed by atoms with Crippen molar-refractivity contribution in [1.29, 1.82) is 0 Å². The highest BCUT2D eigenvalue weighted by Gasteiger charge is 2.11. The van der Waals surface area contributed by atoms with Crippen molar-refractivity contribution in [1.82, 2.24) is 0 Å². The van der Waals surface area contributed by atoms with Gasteiger partial charge in [-0.2, -0.15) is 0 Å². The predicted octanol–water partition coefficient (Wildman–Crippen LogP) is 3.47. The van der Waals surface area contributed by atoms with Crippen LogP contribution in [0.3, 0.4) is 0 Å². The smallest absolute Gasteiger partial charge is 0.169 e. The molecule has 0 radical (unpaired) electrons. The van der Waals surface area contributed by atoms with Crippen LogP contribution in [0.4, 0.5) is 5.69 Å². The Morgan fingerprint density at radius 1 is 1.26 bits per heavy atom. The average molecular weight is 320 g/mol.